The van der Waals surface area contributed by atoms with E-state index in [1.807, 2.05) is 6.07 Å². The SMILES string of the molecule is N#Cc1ccc(O[C@H]2CN(S(=O)(=O)c3ccccc3C#N)C[C@@]2(O)CO)cc1F. The first kappa shape index (κ1) is 20.7. The van der Waals surface area contributed by atoms with E-state index in [2.05, 4.69) is 0 Å². The Morgan fingerprint density at radius 1 is 1.21 bits per heavy atom. The van der Waals surface area contributed by atoms with Gasteiger partial charge in [-0.25, -0.2) is 12.8 Å². The van der Waals surface area contributed by atoms with E-state index in [-0.39, 0.29) is 28.3 Å². The fraction of sp³-hybridized carbons (Fsp3) is 0.263. The summed E-state index contributed by atoms with van der Waals surface area (Å²) in [6.07, 6.45) is -1.20. The molecule has 1 aliphatic rings. The lowest BCUT2D eigenvalue weighted by atomic mass is 10.0. The van der Waals surface area contributed by atoms with Gasteiger partial charge < -0.3 is 14.9 Å². The molecule has 0 amide bonds. The Morgan fingerprint density at radius 2 is 1.90 bits per heavy atom. The zero-order valence-electron chi connectivity index (χ0n) is 15.0. The molecule has 0 unspecified atom stereocenters. The first-order valence-corrected chi connectivity index (χ1v) is 9.88. The first-order valence-electron chi connectivity index (χ1n) is 8.44. The summed E-state index contributed by atoms with van der Waals surface area (Å²) >= 11 is 0. The molecule has 2 N–H and O–H groups in total. The van der Waals surface area contributed by atoms with Crippen LogP contribution in [0, 0.1) is 28.5 Å². The van der Waals surface area contributed by atoms with E-state index >= 15 is 0 Å². The Morgan fingerprint density at radius 3 is 2.52 bits per heavy atom. The third kappa shape index (κ3) is 3.79. The minimum atomic E-state index is -4.16. The molecule has 8 nitrogen and oxygen atoms in total. The molecule has 29 heavy (non-hydrogen) atoms. The molecule has 2 aromatic rings. The number of nitrogens with zero attached hydrogens (tertiary/aromatic N) is 3. The Labute approximate surface area is 166 Å². The number of aliphatic hydroxyl groups excluding tert-OH is 1. The van der Waals surface area contributed by atoms with E-state index in [9.17, 15) is 28.3 Å². The summed E-state index contributed by atoms with van der Waals surface area (Å²) in [5, 5.41) is 38.3. The van der Waals surface area contributed by atoms with Crippen molar-refractivity contribution in [3.05, 3.63) is 59.4 Å². The molecule has 0 saturated carbocycles. The number of nitriles is 2. The summed E-state index contributed by atoms with van der Waals surface area (Å²) in [6.45, 7) is -1.61. The van der Waals surface area contributed by atoms with Crippen molar-refractivity contribution in [2.24, 2.45) is 0 Å². The quantitative estimate of drug-likeness (QED) is 0.733. The van der Waals surface area contributed by atoms with Crippen molar-refractivity contribution in [3.8, 4) is 17.9 Å². The van der Waals surface area contributed by atoms with E-state index in [1.54, 1.807) is 6.07 Å². The van der Waals surface area contributed by atoms with E-state index in [0.29, 0.717) is 0 Å². The molecular weight excluding hydrogens is 401 g/mol. The number of aliphatic hydroxyl groups is 2. The highest BCUT2D eigenvalue weighted by molar-refractivity contribution is 7.89. The van der Waals surface area contributed by atoms with Crippen LogP contribution in [0.25, 0.3) is 0 Å². The zero-order chi connectivity index (χ0) is 21.2. The van der Waals surface area contributed by atoms with Gasteiger partial charge in [0.05, 0.1) is 29.2 Å². The predicted octanol–water partition coefficient (Wildman–Crippen LogP) is 0.744. The highest BCUT2D eigenvalue weighted by Crippen LogP contribution is 2.32. The average molecular weight is 417 g/mol. The second kappa shape index (κ2) is 7.78. The van der Waals surface area contributed by atoms with Crippen LogP contribution in [-0.2, 0) is 10.0 Å². The van der Waals surface area contributed by atoms with Gasteiger partial charge in [0.2, 0.25) is 10.0 Å². The van der Waals surface area contributed by atoms with Crippen LogP contribution in [0.3, 0.4) is 0 Å². The van der Waals surface area contributed by atoms with Crippen molar-refractivity contribution in [2.45, 2.75) is 16.6 Å². The number of sulfonamides is 1. The largest absolute Gasteiger partial charge is 0.486 e. The van der Waals surface area contributed by atoms with Gasteiger partial charge in [-0.15, -0.1) is 0 Å². The van der Waals surface area contributed by atoms with Gasteiger partial charge in [-0.3, -0.25) is 0 Å². The lowest BCUT2D eigenvalue weighted by Gasteiger charge is -2.27. The van der Waals surface area contributed by atoms with Gasteiger partial charge in [0.15, 0.2) is 0 Å². The van der Waals surface area contributed by atoms with Crippen LogP contribution in [0.5, 0.6) is 5.75 Å². The van der Waals surface area contributed by atoms with E-state index < -0.39 is 40.7 Å². The molecule has 1 saturated heterocycles. The van der Waals surface area contributed by atoms with Gasteiger partial charge in [-0.1, -0.05) is 12.1 Å². The zero-order valence-corrected chi connectivity index (χ0v) is 15.8. The van der Waals surface area contributed by atoms with Crippen molar-refractivity contribution in [3.63, 3.8) is 0 Å². The maximum Gasteiger partial charge on any atom is 0.244 e. The van der Waals surface area contributed by atoms with Crippen LogP contribution in [0.2, 0.25) is 0 Å². The number of ether oxygens (including phenoxy) is 1. The molecule has 1 heterocycles. The summed E-state index contributed by atoms with van der Waals surface area (Å²) in [5.74, 6) is -0.863. The van der Waals surface area contributed by atoms with Crippen molar-refractivity contribution >= 4 is 10.0 Å². The Kier molecular flexibility index (Phi) is 5.55. The molecule has 2 atom stereocenters. The highest BCUT2D eigenvalue weighted by Gasteiger charge is 2.51. The average Bonchev–Trinajstić information content (AvgIpc) is 3.06. The Bertz CT molecular complexity index is 1130. The minimum absolute atomic E-state index is 0.0324. The fourth-order valence-corrected chi connectivity index (χ4v) is 4.70. The van der Waals surface area contributed by atoms with Crippen LogP contribution in [0.15, 0.2) is 47.4 Å². The summed E-state index contributed by atoms with van der Waals surface area (Å²) in [6, 6.07) is 12.5. The lowest BCUT2D eigenvalue weighted by Crippen LogP contribution is -2.48. The predicted molar refractivity (Wildman–Crippen MR) is 97.5 cm³/mol. The van der Waals surface area contributed by atoms with Crippen LogP contribution < -0.4 is 4.74 Å². The van der Waals surface area contributed by atoms with Crippen LogP contribution >= 0.6 is 0 Å². The van der Waals surface area contributed by atoms with E-state index in [0.717, 1.165) is 10.4 Å². The molecule has 1 aliphatic heterocycles. The molecule has 10 heteroatoms. The summed E-state index contributed by atoms with van der Waals surface area (Å²) in [7, 11) is -4.16. The summed E-state index contributed by atoms with van der Waals surface area (Å²) in [5.41, 5.74) is -2.20. The first-order chi connectivity index (χ1) is 13.7. The molecule has 0 aliphatic carbocycles. The second-order valence-electron chi connectivity index (χ2n) is 6.53. The van der Waals surface area contributed by atoms with Crippen molar-refractivity contribution < 1.29 is 27.8 Å². The highest BCUT2D eigenvalue weighted by atomic mass is 32.2. The van der Waals surface area contributed by atoms with Crippen molar-refractivity contribution in [1.82, 2.24) is 4.31 Å². The van der Waals surface area contributed by atoms with Crippen LogP contribution in [0.1, 0.15) is 11.1 Å². The van der Waals surface area contributed by atoms with Gasteiger partial charge in [0.1, 0.15) is 35.4 Å². The third-order valence-electron chi connectivity index (χ3n) is 4.66. The fourth-order valence-electron chi connectivity index (χ4n) is 3.06. The van der Waals surface area contributed by atoms with Crippen molar-refractivity contribution in [2.75, 3.05) is 19.7 Å². The third-order valence-corrected chi connectivity index (χ3v) is 6.53. The molecule has 2 aromatic carbocycles. The normalized spacial score (nSPS) is 22.0. The van der Waals surface area contributed by atoms with Gasteiger partial charge in [-0.05, 0) is 24.3 Å². The number of halogens is 1. The Hall–Kier alpha value is -3.02. The molecular formula is C19H16FN3O5S. The topological polar surface area (TPSA) is 135 Å². The monoisotopic (exact) mass is 417 g/mol. The molecule has 150 valence electrons. The van der Waals surface area contributed by atoms with E-state index in [4.69, 9.17) is 10.00 Å². The maximum absolute atomic E-state index is 13.8. The minimum Gasteiger partial charge on any atom is -0.486 e. The van der Waals surface area contributed by atoms with Crippen LogP contribution in [-0.4, -0.2) is 54.3 Å². The molecule has 0 bridgehead atoms. The molecule has 0 spiro atoms. The van der Waals surface area contributed by atoms with Gasteiger partial charge in [0, 0.05) is 12.6 Å². The van der Waals surface area contributed by atoms with Gasteiger partial charge in [0.25, 0.3) is 0 Å². The number of benzene rings is 2. The second-order valence-corrected chi connectivity index (χ2v) is 8.43. The number of hydrogen-bond donors (Lipinski definition) is 2. The molecule has 1 fully saturated rings. The van der Waals surface area contributed by atoms with E-state index in [1.165, 1.54) is 36.4 Å². The molecule has 0 radical (unpaired) electrons. The smallest absolute Gasteiger partial charge is 0.244 e. The molecule has 0 aromatic heterocycles. The van der Waals surface area contributed by atoms with Crippen molar-refractivity contribution in [1.29, 1.82) is 10.5 Å². The number of hydrogen-bond acceptors (Lipinski definition) is 7. The maximum atomic E-state index is 13.8. The standard InChI is InChI=1S/C19H16FN3O5S/c20-16-7-15(6-5-13(16)8-21)28-18-10-23(11-19(18,25)12-24)29(26,27)17-4-2-1-3-14(17)9-22/h1-7,18,24-25H,10-12H2/t18-,19+/m0/s1. The van der Waals surface area contributed by atoms with Crippen LogP contribution in [0.4, 0.5) is 4.39 Å². The summed E-state index contributed by atoms with van der Waals surface area (Å²) in [4.78, 5) is -0.229. The van der Waals surface area contributed by atoms with Gasteiger partial charge in [-0.2, -0.15) is 14.8 Å². The Balaban J connectivity index is 1.91. The number of rotatable bonds is 5. The summed E-state index contributed by atoms with van der Waals surface area (Å²) < 4.78 is 46.2. The number of β-amino-alcohol motifs (C(OH)–C–C–N with tert-alkyl or cyclic N) is 1. The lowest BCUT2D eigenvalue weighted by molar-refractivity contribution is -0.0641. The molecule has 3 rings (SSSR count). The van der Waals surface area contributed by atoms with Gasteiger partial charge >= 0.3 is 0 Å².